The molecule has 1 rings (SSSR count). The first-order chi connectivity index (χ1) is 8.78. The highest BCUT2D eigenvalue weighted by molar-refractivity contribution is 5.96. The van der Waals surface area contributed by atoms with Gasteiger partial charge in [-0.05, 0) is 40.2 Å². The molecule has 3 heteroatoms. The molecule has 0 aliphatic heterocycles. The third-order valence-electron chi connectivity index (χ3n) is 2.54. The number of hydrogen-bond acceptors (Lipinski definition) is 3. The second kappa shape index (κ2) is 6.50. The first-order valence-corrected chi connectivity index (χ1v) is 6.59. The Morgan fingerprint density at radius 1 is 1.16 bits per heavy atom. The number of ether oxygens (including phenoxy) is 1. The number of rotatable bonds is 5. The molecular weight excluding hydrogens is 240 g/mol. The lowest BCUT2D eigenvalue weighted by Gasteiger charge is -2.19. The van der Waals surface area contributed by atoms with Gasteiger partial charge in [-0.2, -0.15) is 0 Å². The van der Waals surface area contributed by atoms with Gasteiger partial charge >= 0.3 is 5.97 Å². The van der Waals surface area contributed by atoms with Crippen LogP contribution in [0.15, 0.2) is 24.3 Å². The van der Waals surface area contributed by atoms with Crippen molar-refractivity contribution in [3.8, 4) is 0 Å². The van der Waals surface area contributed by atoms with Crippen LogP contribution >= 0.6 is 0 Å². The van der Waals surface area contributed by atoms with E-state index in [0.29, 0.717) is 18.4 Å². The number of esters is 1. The largest absolute Gasteiger partial charge is 0.460 e. The SMILES string of the molecule is Cc1cccc(C(=O)CCCC(=O)OC(C)(C)C)c1. The van der Waals surface area contributed by atoms with E-state index in [2.05, 4.69) is 0 Å². The normalized spacial score (nSPS) is 11.2. The van der Waals surface area contributed by atoms with E-state index in [0.717, 1.165) is 5.56 Å². The molecule has 0 amide bonds. The fraction of sp³-hybridized carbons (Fsp3) is 0.500. The molecule has 0 saturated carbocycles. The highest BCUT2D eigenvalue weighted by Crippen LogP contribution is 2.12. The van der Waals surface area contributed by atoms with Gasteiger partial charge in [-0.25, -0.2) is 0 Å². The molecule has 1 aromatic carbocycles. The van der Waals surface area contributed by atoms with Crippen molar-refractivity contribution >= 4 is 11.8 Å². The fourth-order valence-corrected chi connectivity index (χ4v) is 1.75. The number of carbonyl (C=O) groups is 2. The molecule has 1 aromatic rings. The van der Waals surface area contributed by atoms with Crippen LogP contribution in [0, 0.1) is 6.92 Å². The number of benzene rings is 1. The molecule has 0 atom stereocenters. The Balaban J connectivity index is 2.37. The molecule has 0 N–H and O–H groups in total. The Bertz CT molecular complexity index is 455. The van der Waals surface area contributed by atoms with Crippen LogP contribution in [-0.4, -0.2) is 17.4 Å². The van der Waals surface area contributed by atoms with Crippen LogP contribution in [0.1, 0.15) is 56.0 Å². The monoisotopic (exact) mass is 262 g/mol. The van der Waals surface area contributed by atoms with Crippen molar-refractivity contribution in [2.45, 2.75) is 52.6 Å². The summed E-state index contributed by atoms with van der Waals surface area (Å²) in [6, 6.07) is 7.51. The van der Waals surface area contributed by atoms with Gasteiger partial charge in [0.2, 0.25) is 0 Å². The van der Waals surface area contributed by atoms with Gasteiger partial charge in [0.25, 0.3) is 0 Å². The minimum absolute atomic E-state index is 0.0762. The maximum Gasteiger partial charge on any atom is 0.306 e. The predicted molar refractivity (Wildman–Crippen MR) is 75.2 cm³/mol. The molecule has 104 valence electrons. The van der Waals surface area contributed by atoms with Crippen LogP contribution in [0.25, 0.3) is 0 Å². The molecule has 0 aliphatic carbocycles. The van der Waals surface area contributed by atoms with Crippen molar-refractivity contribution in [2.75, 3.05) is 0 Å². The van der Waals surface area contributed by atoms with Gasteiger partial charge in [-0.3, -0.25) is 9.59 Å². The molecule has 0 fully saturated rings. The van der Waals surface area contributed by atoms with E-state index in [9.17, 15) is 9.59 Å². The number of aryl methyl sites for hydroxylation is 1. The van der Waals surface area contributed by atoms with Crippen LogP contribution in [0.5, 0.6) is 0 Å². The summed E-state index contributed by atoms with van der Waals surface area (Å²) in [6.45, 7) is 7.46. The van der Waals surface area contributed by atoms with Gasteiger partial charge in [-0.15, -0.1) is 0 Å². The number of Topliss-reactive ketones (excluding diaryl/α,β-unsaturated/α-hetero) is 1. The molecule has 0 unspecified atom stereocenters. The van der Waals surface area contributed by atoms with Crippen LogP contribution in [0.3, 0.4) is 0 Å². The zero-order chi connectivity index (χ0) is 14.5. The number of ketones is 1. The molecule has 19 heavy (non-hydrogen) atoms. The van der Waals surface area contributed by atoms with E-state index >= 15 is 0 Å². The van der Waals surface area contributed by atoms with Crippen molar-refractivity contribution in [1.29, 1.82) is 0 Å². The lowest BCUT2D eigenvalue weighted by molar-refractivity contribution is -0.154. The van der Waals surface area contributed by atoms with Crippen LogP contribution < -0.4 is 0 Å². The molecular formula is C16H22O3. The van der Waals surface area contributed by atoms with Crippen molar-refractivity contribution in [3.63, 3.8) is 0 Å². The standard InChI is InChI=1S/C16H22O3/c1-12-7-5-8-13(11-12)14(17)9-6-10-15(18)19-16(2,3)4/h5,7-8,11H,6,9-10H2,1-4H3. The zero-order valence-corrected chi connectivity index (χ0v) is 12.2. The minimum Gasteiger partial charge on any atom is -0.460 e. The number of hydrogen-bond donors (Lipinski definition) is 0. The van der Waals surface area contributed by atoms with E-state index in [4.69, 9.17) is 4.74 Å². The quantitative estimate of drug-likeness (QED) is 0.600. The smallest absolute Gasteiger partial charge is 0.306 e. The summed E-state index contributed by atoms with van der Waals surface area (Å²) in [7, 11) is 0. The topological polar surface area (TPSA) is 43.4 Å². The Hall–Kier alpha value is -1.64. The lowest BCUT2D eigenvalue weighted by atomic mass is 10.0. The van der Waals surface area contributed by atoms with E-state index in [1.807, 2.05) is 52.0 Å². The van der Waals surface area contributed by atoms with Gasteiger partial charge in [0.05, 0.1) is 0 Å². The van der Waals surface area contributed by atoms with Gasteiger partial charge in [0, 0.05) is 18.4 Å². The average molecular weight is 262 g/mol. The van der Waals surface area contributed by atoms with Crippen molar-refractivity contribution in [3.05, 3.63) is 35.4 Å². The molecule has 0 saturated heterocycles. The summed E-state index contributed by atoms with van der Waals surface area (Å²) >= 11 is 0. The second-order valence-corrected chi connectivity index (χ2v) is 5.73. The minimum atomic E-state index is -0.461. The zero-order valence-electron chi connectivity index (χ0n) is 12.2. The highest BCUT2D eigenvalue weighted by atomic mass is 16.6. The Morgan fingerprint density at radius 2 is 1.84 bits per heavy atom. The third-order valence-corrected chi connectivity index (χ3v) is 2.54. The van der Waals surface area contributed by atoms with E-state index in [1.54, 1.807) is 0 Å². The Kier molecular flexibility index (Phi) is 5.28. The van der Waals surface area contributed by atoms with E-state index in [-0.39, 0.29) is 18.2 Å². The first kappa shape index (κ1) is 15.4. The summed E-state index contributed by atoms with van der Waals surface area (Å²) in [5.41, 5.74) is 1.32. The first-order valence-electron chi connectivity index (χ1n) is 6.59. The molecule has 0 aromatic heterocycles. The summed E-state index contributed by atoms with van der Waals surface area (Å²) in [5, 5.41) is 0. The van der Waals surface area contributed by atoms with Crippen LogP contribution in [-0.2, 0) is 9.53 Å². The fourth-order valence-electron chi connectivity index (χ4n) is 1.75. The van der Waals surface area contributed by atoms with Gasteiger partial charge in [0.15, 0.2) is 5.78 Å². The molecule has 0 bridgehead atoms. The van der Waals surface area contributed by atoms with Gasteiger partial charge < -0.3 is 4.74 Å². The summed E-state index contributed by atoms with van der Waals surface area (Å²) in [6.07, 6.45) is 1.19. The second-order valence-electron chi connectivity index (χ2n) is 5.73. The van der Waals surface area contributed by atoms with E-state index in [1.165, 1.54) is 0 Å². The lowest BCUT2D eigenvalue weighted by Crippen LogP contribution is -2.23. The van der Waals surface area contributed by atoms with Crippen LogP contribution in [0.2, 0.25) is 0 Å². The van der Waals surface area contributed by atoms with Gasteiger partial charge in [0.1, 0.15) is 5.60 Å². The molecule has 0 heterocycles. The maximum atomic E-state index is 11.9. The summed E-state index contributed by atoms with van der Waals surface area (Å²) < 4.78 is 5.19. The molecule has 0 aliphatic rings. The molecule has 3 nitrogen and oxygen atoms in total. The Labute approximate surface area is 115 Å². The predicted octanol–water partition coefficient (Wildman–Crippen LogP) is 3.69. The third kappa shape index (κ3) is 6.18. The van der Waals surface area contributed by atoms with Crippen LogP contribution in [0.4, 0.5) is 0 Å². The molecule has 0 spiro atoms. The van der Waals surface area contributed by atoms with Crippen molar-refractivity contribution in [1.82, 2.24) is 0 Å². The number of carbonyl (C=O) groups excluding carboxylic acids is 2. The summed E-state index contributed by atoms with van der Waals surface area (Å²) in [4.78, 5) is 23.4. The highest BCUT2D eigenvalue weighted by Gasteiger charge is 2.16. The van der Waals surface area contributed by atoms with Crippen molar-refractivity contribution < 1.29 is 14.3 Å². The maximum absolute atomic E-state index is 11.9. The van der Waals surface area contributed by atoms with E-state index < -0.39 is 5.60 Å². The van der Waals surface area contributed by atoms with Gasteiger partial charge in [-0.1, -0.05) is 23.8 Å². The molecule has 0 radical (unpaired) electrons. The average Bonchev–Trinajstić information content (AvgIpc) is 2.26. The summed E-state index contributed by atoms with van der Waals surface area (Å²) in [5.74, 6) is -0.170. The Morgan fingerprint density at radius 3 is 2.42 bits per heavy atom. The van der Waals surface area contributed by atoms with Crippen molar-refractivity contribution in [2.24, 2.45) is 0 Å².